The fourth-order valence-electron chi connectivity index (χ4n) is 2.19. The van der Waals surface area contributed by atoms with Crippen LogP contribution in [0.5, 0.6) is 0 Å². The molecule has 0 N–H and O–H groups in total. The number of rotatable bonds is 5. The molecule has 0 bridgehead atoms. The van der Waals surface area contributed by atoms with Crippen molar-refractivity contribution in [2.45, 2.75) is 38.5 Å². The van der Waals surface area contributed by atoms with Crippen molar-refractivity contribution in [1.82, 2.24) is 9.55 Å². The number of fused-ring (bicyclic) bond motifs is 1. The third-order valence-electron chi connectivity index (χ3n) is 3.39. The summed E-state index contributed by atoms with van der Waals surface area (Å²) >= 11 is 7.80. The van der Waals surface area contributed by atoms with Gasteiger partial charge < -0.3 is 4.57 Å². The van der Waals surface area contributed by atoms with Crippen LogP contribution in [0, 0.1) is 6.92 Å². The van der Waals surface area contributed by atoms with Gasteiger partial charge in [0.05, 0.1) is 11.0 Å². The highest BCUT2D eigenvalue weighted by atomic mass is 35.5. The number of thioether (sulfide) groups is 1. The van der Waals surface area contributed by atoms with Gasteiger partial charge in [-0.05, 0) is 44.7 Å². The van der Waals surface area contributed by atoms with E-state index >= 15 is 0 Å². The summed E-state index contributed by atoms with van der Waals surface area (Å²) < 4.78 is 2.52. The van der Waals surface area contributed by atoms with Crippen molar-refractivity contribution in [1.29, 1.82) is 0 Å². The van der Waals surface area contributed by atoms with Crippen molar-refractivity contribution in [3.8, 4) is 0 Å². The highest BCUT2D eigenvalue weighted by molar-refractivity contribution is 7.99. The minimum Gasteiger partial charge on any atom is -0.327 e. The highest BCUT2D eigenvalue weighted by Gasteiger charge is 2.20. The quantitative estimate of drug-likeness (QED) is 0.767. The normalized spacial score (nSPS) is 12.3. The second-order valence-corrected chi connectivity index (χ2v) is 7.40. The smallest absolute Gasteiger partial charge is 0.111 e. The first-order valence-electron chi connectivity index (χ1n) is 6.54. The van der Waals surface area contributed by atoms with E-state index in [1.54, 1.807) is 0 Å². The molecule has 0 saturated carbocycles. The van der Waals surface area contributed by atoms with Crippen LogP contribution in [0.3, 0.4) is 0 Å². The van der Waals surface area contributed by atoms with Crippen LogP contribution < -0.4 is 0 Å². The molecule has 104 valence electrons. The summed E-state index contributed by atoms with van der Waals surface area (Å²) in [6.45, 7) is 7.59. The van der Waals surface area contributed by atoms with Gasteiger partial charge in [-0.25, -0.2) is 4.98 Å². The molecule has 2 rings (SSSR count). The standard InChI is InChI=1S/C15H21ClN2S/c1-11-5-6-13-12(9-11)17-14(7-8-16)18(13)10-15(2,3)19-4/h5-6,9H,7-8,10H2,1-4H3. The fraction of sp³-hybridized carbons (Fsp3) is 0.533. The van der Waals surface area contributed by atoms with E-state index in [0.717, 1.165) is 24.3 Å². The average Bonchev–Trinajstić information content (AvgIpc) is 2.67. The van der Waals surface area contributed by atoms with Crippen LogP contribution in [-0.2, 0) is 13.0 Å². The lowest BCUT2D eigenvalue weighted by Crippen LogP contribution is -2.23. The van der Waals surface area contributed by atoms with E-state index < -0.39 is 0 Å². The molecule has 2 aromatic rings. The Kier molecular flexibility index (Phi) is 4.46. The number of hydrogen-bond donors (Lipinski definition) is 0. The minimum atomic E-state index is 0.194. The molecule has 4 heteroatoms. The number of benzene rings is 1. The number of halogens is 1. The van der Waals surface area contributed by atoms with Crippen molar-refractivity contribution in [2.24, 2.45) is 0 Å². The maximum Gasteiger partial charge on any atom is 0.111 e. The molecule has 0 radical (unpaired) electrons. The van der Waals surface area contributed by atoms with Gasteiger partial charge >= 0.3 is 0 Å². The Morgan fingerprint density at radius 3 is 2.74 bits per heavy atom. The van der Waals surface area contributed by atoms with Crippen molar-refractivity contribution in [3.63, 3.8) is 0 Å². The number of nitrogens with zero attached hydrogens (tertiary/aromatic N) is 2. The second kappa shape index (κ2) is 5.76. The highest BCUT2D eigenvalue weighted by Crippen LogP contribution is 2.27. The van der Waals surface area contributed by atoms with Crippen LogP contribution in [0.2, 0.25) is 0 Å². The summed E-state index contributed by atoms with van der Waals surface area (Å²) in [6.07, 6.45) is 2.98. The van der Waals surface area contributed by atoms with Gasteiger partial charge in [0.1, 0.15) is 5.82 Å². The molecule has 0 amide bonds. The van der Waals surface area contributed by atoms with Crippen molar-refractivity contribution >= 4 is 34.4 Å². The van der Waals surface area contributed by atoms with E-state index in [1.165, 1.54) is 11.1 Å². The van der Waals surface area contributed by atoms with E-state index in [-0.39, 0.29) is 4.75 Å². The van der Waals surface area contributed by atoms with Crippen molar-refractivity contribution in [3.05, 3.63) is 29.6 Å². The zero-order valence-electron chi connectivity index (χ0n) is 12.0. The SMILES string of the molecule is CSC(C)(C)Cn1c(CCCl)nc2cc(C)ccc21. The molecule has 0 aliphatic heterocycles. The average molecular weight is 297 g/mol. The zero-order chi connectivity index (χ0) is 14.0. The van der Waals surface area contributed by atoms with Crippen LogP contribution in [0.15, 0.2) is 18.2 Å². The van der Waals surface area contributed by atoms with Gasteiger partial charge in [0.25, 0.3) is 0 Å². The molecule has 1 aromatic carbocycles. The Labute approximate surface area is 124 Å². The van der Waals surface area contributed by atoms with Crippen LogP contribution in [0.4, 0.5) is 0 Å². The molecule has 0 spiro atoms. The number of aryl methyl sites for hydroxylation is 2. The number of hydrogen-bond acceptors (Lipinski definition) is 2. The maximum atomic E-state index is 5.91. The van der Waals surface area contributed by atoms with Gasteiger partial charge in [-0.3, -0.25) is 0 Å². The first kappa shape index (κ1) is 14.7. The monoisotopic (exact) mass is 296 g/mol. The third kappa shape index (κ3) is 3.26. The van der Waals surface area contributed by atoms with E-state index in [2.05, 4.69) is 49.8 Å². The van der Waals surface area contributed by atoms with Gasteiger partial charge in [0, 0.05) is 23.6 Å². The van der Waals surface area contributed by atoms with Crippen molar-refractivity contribution in [2.75, 3.05) is 12.1 Å². The molecule has 0 saturated heterocycles. The van der Waals surface area contributed by atoms with Gasteiger partial charge in [0.2, 0.25) is 0 Å². The summed E-state index contributed by atoms with van der Waals surface area (Å²) in [6, 6.07) is 6.47. The maximum absolute atomic E-state index is 5.91. The first-order chi connectivity index (χ1) is 8.96. The Bertz CT molecular complexity index is 575. The predicted octanol–water partition coefficient (Wildman–Crippen LogP) is 4.27. The lowest BCUT2D eigenvalue weighted by atomic mass is 10.2. The largest absolute Gasteiger partial charge is 0.327 e. The third-order valence-corrected chi connectivity index (χ3v) is 4.82. The number of alkyl halides is 1. The summed E-state index contributed by atoms with van der Waals surface area (Å²) in [5, 5.41) is 0. The van der Waals surface area contributed by atoms with Crippen LogP contribution >= 0.6 is 23.4 Å². The van der Waals surface area contributed by atoms with Crippen LogP contribution in [-0.4, -0.2) is 26.4 Å². The molecular formula is C15H21ClN2S. The van der Waals surface area contributed by atoms with Crippen LogP contribution in [0.25, 0.3) is 11.0 Å². The van der Waals surface area contributed by atoms with Crippen LogP contribution in [0.1, 0.15) is 25.2 Å². The molecule has 0 atom stereocenters. The van der Waals surface area contributed by atoms with Gasteiger partial charge in [-0.2, -0.15) is 11.8 Å². The first-order valence-corrected chi connectivity index (χ1v) is 8.29. The topological polar surface area (TPSA) is 17.8 Å². The number of imidazole rings is 1. The molecule has 0 aliphatic carbocycles. The Morgan fingerprint density at radius 1 is 1.37 bits per heavy atom. The zero-order valence-corrected chi connectivity index (χ0v) is 13.6. The molecule has 0 fully saturated rings. The summed E-state index contributed by atoms with van der Waals surface area (Å²) in [7, 11) is 0. The van der Waals surface area contributed by atoms with Gasteiger partial charge in [0.15, 0.2) is 0 Å². The fourth-order valence-corrected chi connectivity index (χ4v) is 2.61. The van der Waals surface area contributed by atoms with Gasteiger partial charge in [-0.1, -0.05) is 6.07 Å². The Morgan fingerprint density at radius 2 is 2.11 bits per heavy atom. The minimum absolute atomic E-state index is 0.194. The second-order valence-electron chi connectivity index (χ2n) is 5.51. The summed E-state index contributed by atoms with van der Waals surface area (Å²) in [4.78, 5) is 4.75. The molecular weight excluding hydrogens is 276 g/mol. The summed E-state index contributed by atoms with van der Waals surface area (Å²) in [5.41, 5.74) is 3.54. The molecule has 1 heterocycles. The van der Waals surface area contributed by atoms with E-state index in [1.807, 2.05) is 11.8 Å². The number of aromatic nitrogens is 2. The van der Waals surface area contributed by atoms with Crippen molar-refractivity contribution < 1.29 is 0 Å². The summed E-state index contributed by atoms with van der Waals surface area (Å²) in [5.74, 6) is 1.71. The molecule has 2 nitrogen and oxygen atoms in total. The lowest BCUT2D eigenvalue weighted by molar-refractivity contribution is 0.561. The predicted molar refractivity (Wildman–Crippen MR) is 86.5 cm³/mol. The molecule has 19 heavy (non-hydrogen) atoms. The Balaban J connectivity index is 2.52. The molecule has 1 aromatic heterocycles. The van der Waals surface area contributed by atoms with E-state index in [9.17, 15) is 0 Å². The van der Waals surface area contributed by atoms with E-state index in [4.69, 9.17) is 16.6 Å². The molecule has 0 unspecified atom stereocenters. The molecule has 0 aliphatic rings. The Hall–Kier alpha value is -0.670. The van der Waals surface area contributed by atoms with E-state index in [0.29, 0.717) is 5.88 Å². The lowest BCUT2D eigenvalue weighted by Gasteiger charge is -2.24. The van der Waals surface area contributed by atoms with Gasteiger partial charge in [-0.15, -0.1) is 11.6 Å².